The zero-order valence-corrected chi connectivity index (χ0v) is 20.9. The Kier molecular flexibility index (Phi) is 6.73. The Labute approximate surface area is 217 Å². The molecule has 0 amide bonds. The Morgan fingerprint density at radius 2 is 1.77 bits per heavy atom. The lowest BCUT2D eigenvalue weighted by atomic mass is 9.91. The minimum atomic E-state index is -4.86. The van der Waals surface area contributed by atoms with Gasteiger partial charge in [-0.05, 0) is 36.6 Å². The molecule has 35 heavy (non-hydrogen) atoms. The third-order valence-corrected chi connectivity index (χ3v) is 6.77. The van der Waals surface area contributed by atoms with Gasteiger partial charge in [0.2, 0.25) is 15.6 Å². The van der Waals surface area contributed by atoms with Gasteiger partial charge in [-0.3, -0.25) is 0 Å². The zero-order chi connectivity index (χ0) is 25.0. The van der Waals surface area contributed by atoms with Gasteiger partial charge in [-0.2, -0.15) is 23.1 Å². The Morgan fingerprint density at radius 1 is 1.06 bits per heavy atom. The Morgan fingerprint density at radius 3 is 2.46 bits per heavy atom. The van der Waals surface area contributed by atoms with Crippen LogP contribution in [0.1, 0.15) is 35.4 Å². The summed E-state index contributed by atoms with van der Waals surface area (Å²) in [6.07, 6.45) is -3.84. The van der Waals surface area contributed by atoms with Crippen LogP contribution >= 0.6 is 46.4 Å². The molecule has 14 heteroatoms. The maximum absolute atomic E-state index is 13.6. The molecule has 1 N–H and O–H groups in total. The lowest BCUT2D eigenvalue weighted by molar-refractivity contribution is -0.145. The van der Waals surface area contributed by atoms with E-state index in [1.54, 1.807) is 11.0 Å². The van der Waals surface area contributed by atoms with Crippen molar-refractivity contribution >= 4 is 63.3 Å². The van der Waals surface area contributed by atoms with E-state index in [4.69, 9.17) is 55.9 Å². The van der Waals surface area contributed by atoms with Gasteiger partial charge in [-0.15, -0.1) is 0 Å². The molecule has 188 valence electrons. The van der Waals surface area contributed by atoms with Crippen LogP contribution in [0.15, 0.2) is 18.2 Å². The number of anilines is 1. The summed E-state index contributed by atoms with van der Waals surface area (Å²) in [6.45, 7) is 1.44. The number of nitrogens with zero attached hydrogens (tertiary/aromatic N) is 4. The molecule has 2 aliphatic rings. The molecule has 1 aromatic carbocycles. The van der Waals surface area contributed by atoms with E-state index >= 15 is 0 Å². The van der Waals surface area contributed by atoms with Crippen molar-refractivity contribution in [1.82, 2.24) is 19.9 Å². The maximum atomic E-state index is 13.6. The lowest BCUT2D eigenvalue weighted by Gasteiger charge is -2.38. The van der Waals surface area contributed by atoms with E-state index in [1.807, 2.05) is 12.1 Å². The summed E-state index contributed by atoms with van der Waals surface area (Å²) < 4.78 is 49.5. The lowest BCUT2D eigenvalue weighted by Crippen LogP contribution is -2.40. The van der Waals surface area contributed by atoms with E-state index in [1.165, 1.54) is 0 Å². The molecule has 0 unspecified atom stereocenters. The van der Waals surface area contributed by atoms with E-state index in [9.17, 15) is 13.2 Å². The number of aromatic nitrogens is 4. The van der Waals surface area contributed by atoms with Crippen molar-refractivity contribution < 1.29 is 22.6 Å². The van der Waals surface area contributed by atoms with Gasteiger partial charge < -0.3 is 19.4 Å². The van der Waals surface area contributed by atoms with Crippen molar-refractivity contribution in [3.05, 3.63) is 46.1 Å². The van der Waals surface area contributed by atoms with Crippen LogP contribution in [0.2, 0.25) is 5.02 Å². The summed E-state index contributed by atoms with van der Waals surface area (Å²) in [6, 6.07) is 5.09. The SMILES string of the molecule is FC(F)(F)c1nc(N2CCc3c([nH]c4ccc(Cl)cc34)[C@@H]2CC2COCOC2)nc(C(Cl)(Cl)Cl)n1. The molecule has 2 aliphatic heterocycles. The molecular weight excluding hydrogens is 553 g/mol. The van der Waals surface area contributed by atoms with E-state index in [0.29, 0.717) is 37.6 Å². The third-order valence-electron chi connectivity index (χ3n) is 6.03. The van der Waals surface area contributed by atoms with Gasteiger partial charge in [0.05, 0.1) is 19.3 Å². The second-order valence-corrected chi connectivity index (χ2v) is 11.1. The molecular formula is C21H18Cl4F3N5O2. The van der Waals surface area contributed by atoms with Crippen molar-refractivity contribution in [2.75, 3.05) is 31.5 Å². The highest BCUT2D eigenvalue weighted by Gasteiger charge is 2.41. The summed E-state index contributed by atoms with van der Waals surface area (Å²) in [7, 11) is 0. The van der Waals surface area contributed by atoms with Gasteiger partial charge in [0.25, 0.3) is 0 Å². The largest absolute Gasteiger partial charge is 0.451 e. The molecule has 0 aliphatic carbocycles. The number of fused-ring (bicyclic) bond motifs is 3. The summed E-state index contributed by atoms with van der Waals surface area (Å²) in [5.74, 6) is -2.26. The molecule has 2 aromatic heterocycles. The fourth-order valence-electron chi connectivity index (χ4n) is 4.56. The van der Waals surface area contributed by atoms with Gasteiger partial charge in [0, 0.05) is 34.1 Å². The summed E-state index contributed by atoms with van der Waals surface area (Å²) in [5.41, 5.74) is 2.74. The van der Waals surface area contributed by atoms with Gasteiger partial charge >= 0.3 is 6.18 Å². The Bertz CT molecular complexity index is 1210. The van der Waals surface area contributed by atoms with Gasteiger partial charge in [-0.25, -0.2) is 4.98 Å². The monoisotopic (exact) mass is 569 g/mol. The van der Waals surface area contributed by atoms with Crippen LogP contribution in [-0.2, 0) is 25.9 Å². The first-order valence-electron chi connectivity index (χ1n) is 10.6. The number of alkyl halides is 6. The van der Waals surface area contributed by atoms with E-state index in [2.05, 4.69) is 19.9 Å². The number of halogens is 7. The van der Waals surface area contributed by atoms with Crippen LogP contribution in [0.5, 0.6) is 0 Å². The van der Waals surface area contributed by atoms with Crippen LogP contribution in [-0.4, -0.2) is 46.5 Å². The number of H-pyrrole nitrogens is 1. The van der Waals surface area contributed by atoms with Gasteiger partial charge in [-0.1, -0.05) is 46.4 Å². The first-order valence-corrected chi connectivity index (χ1v) is 12.1. The maximum Gasteiger partial charge on any atom is 0.451 e. The highest BCUT2D eigenvalue weighted by Crippen LogP contribution is 2.42. The standard InChI is InChI=1S/C21H18Cl4F3N5O2/c22-11-1-2-14-13(6-11)12-3-4-33(15(16(12)29-14)5-10-7-34-9-35-8-10)19-31-17(20(23,24)25)30-18(32-19)21(26,27)28/h1-2,6,10,15,29H,3-5,7-9H2/t15-/m0/s1. The Hall–Kier alpha value is -1.56. The van der Waals surface area contributed by atoms with Gasteiger partial charge in [0.1, 0.15) is 6.79 Å². The van der Waals surface area contributed by atoms with Crippen molar-refractivity contribution in [3.63, 3.8) is 0 Å². The van der Waals surface area contributed by atoms with Crippen molar-refractivity contribution in [2.24, 2.45) is 5.92 Å². The van der Waals surface area contributed by atoms with Crippen LogP contribution in [0, 0.1) is 5.92 Å². The molecule has 3 aromatic rings. The zero-order valence-electron chi connectivity index (χ0n) is 17.9. The second-order valence-electron chi connectivity index (χ2n) is 8.41. The van der Waals surface area contributed by atoms with E-state index < -0.39 is 27.7 Å². The minimum absolute atomic E-state index is 0.00577. The first-order chi connectivity index (χ1) is 16.5. The predicted molar refractivity (Wildman–Crippen MR) is 126 cm³/mol. The summed E-state index contributed by atoms with van der Waals surface area (Å²) in [5, 5.41) is 1.55. The van der Waals surface area contributed by atoms with Crippen molar-refractivity contribution in [2.45, 2.75) is 28.9 Å². The van der Waals surface area contributed by atoms with Gasteiger partial charge in [0.15, 0.2) is 5.82 Å². The van der Waals surface area contributed by atoms with Crippen LogP contribution in [0.25, 0.3) is 10.9 Å². The molecule has 1 saturated heterocycles. The number of ether oxygens (including phenoxy) is 2. The molecule has 7 nitrogen and oxygen atoms in total. The third kappa shape index (κ3) is 5.14. The molecule has 4 heterocycles. The fourth-order valence-corrected chi connectivity index (χ4v) is 4.98. The molecule has 0 bridgehead atoms. The van der Waals surface area contributed by atoms with Crippen LogP contribution in [0.3, 0.4) is 0 Å². The van der Waals surface area contributed by atoms with Crippen molar-refractivity contribution in [1.29, 1.82) is 0 Å². The molecule has 5 rings (SSSR count). The highest BCUT2D eigenvalue weighted by molar-refractivity contribution is 6.66. The van der Waals surface area contributed by atoms with Crippen LogP contribution < -0.4 is 4.90 Å². The number of nitrogens with one attached hydrogen (secondary N) is 1. The number of hydrogen-bond donors (Lipinski definition) is 1. The molecule has 0 saturated carbocycles. The van der Waals surface area contributed by atoms with Crippen molar-refractivity contribution in [3.8, 4) is 0 Å². The summed E-state index contributed by atoms with van der Waals surface area (Å²) in [4.78, 5) is 16.3. The van der Waals surface area contributed by atoms with Crippen LogP contribution in [0.4, 0.5) is 19.1 Å². The number of benzene rings is 1. The summed E-state index contributed by atoms with van der Waals surface area (Å²) >= 11 is 23.8. The predicted octanol–water partition coefficient (Wildman–Crippen LogP) is 5.97. The molecule has 0 spiro atoms. The number of aromatic amines is 1. The number of hydrogen-bond acceptors (Lipinski definition) is 6. The minimum Gasteiger partial charge on any atom is -0.356 e. The highest BCUT2D eigenvalue weighted by atomic mass is 35.6. The molecule has 1 atom stereocenters. The fraction of sp³-hybridized carbons (Fsp3) is 0.476. The topological polar surface area (TPSA) is 76.2 Å². The Balaban J connectivity index is 1.63. The quantitative estimate of drug-likeness (QED) is 0.391. The molecule has 1 fully saturated rings. The average molecular weight is 571 g/mol. The number of rotatable bonds is 3. The van der Waals surface area contributed by atoms with E-state index in [0.717, 1.165) is 22.2 Å². The first kappa shape index (κ1) is 25.1. The normalized spacial score (nSPS) is 19.9. The average Bonchev–Trinajstić information content (AvgIpc) is 3.17. The van der Waals surface area contributed by atoms with E-state index in [-0.39, 0.29) is 18.7 Å². The smallest absolute Gasteiger partial charge is 0.356 e. The molecule has 0 radical (unpaired) electrons. The second kappa shape index (κ2) is 9.39.